The van der Waals surface area contributed by atoms with Gasteiger partial charge in [0.1, 0.15) is 5.82 Å². The maximum Gasteiger partial charge on any atom is 0.123 e. The summed E-state index contributed by atoms with van der Waals surface area (Å²) in [5.74, 6) is -0.168. The van der Waals surface area contributed by atoms with E-state index >= 15 is 0 Å². The molecule has 0 radical (unpaired) electrons. The topological polar surface area (TPSA) is 12.0 Å². The van der Waals surface area contributed by atoms with Gasteiger partial charge < -0.3 is 5.32 Å². The van der Waals surface area contributed by atoms with Crippen molar-refractivity contribution < 1.29 is 4.39 Å². The van der Waals surface area contributed by atoms with Crippen LogP contribution in [0.15, 0.2) is 36.4 Å². The maximum atomic E-state index is 13.2. The molecular weight excluding hydrogens is 249 g/mol. The molecule has 2 rings (SSSR count). The number of aryl methyl sites for hydroxylation is 3. The number of hydrogen-bond acceptors (Lipinski definition) is 1. The monoisotopic (exact) mass is 271 g/mol. The molecule has 1 N–H and O–H groups in total. The molecule has 0 amide bonds. The van der Waals surface area contributed by atoms with Crippen LogP contribution in [-0.2, 0) is 6.42 Å². The van der Waals surface area contributed by atoms with Crippen molar-refractivity contribution in [2.45, 2.75) is 33.2 Å². The highest BCUT2D eigenvalue weighted by atomic mass is 19.1. The van der Waals surface area contributed by atoms with Crippen LogP contribution in [0.2, 0.25) is 0 Å². The smallest absolute Gasteiger partial charge is 0.123 e. The van der Waals surface area contributed by atoms with Crippen LogP contribution < -0.4 is 5.32 Å². The Hall–Kier alpha value is -1.67. The molecule has 1 atom stereocenters. The quantitative estimate of drug-likeness (QED) is 0.876. The summed E-state index contributed by atoms with van der Waals surface area (Å²) in [6.45, 7) is 6.21. The lowest BCUT2D eigenvalue weighted by Gasteiger charge is -2.20. The van der Waals surface area contributed by atoms with Crippen LogP contribution in [-0.4, -0.2) is 7.05 Å². The summed E-state index contributed by atoms with van der Waals surface area (Å²) in [7, 11) is 1.98. The van der Waals surface area contributed by atoms with Crippen molar-refractivity contribution in [3.8, 4) is 0 Å². The van der Waals surface area contributed by atoms with E-state index in [0.29, 0.717) is 0 Å². The molecule has 0 bridgehead atoms. The van der Waals surface area contributed by atoms with Crippen molar-refractivity contribution in [1.29, 1.82) is 0 Å². The third kappa shape index (κ3) is 3.26. The lowest BCUT2D eigenvalue weighted by Crippen LogP contribution is -2.20. The van der Waals surface area contributed by atoms with Crippen LogP contribution >= 0.6 is 0 Å². The zero-order chi connectivity index (χ0) is 14.7. The van der Waals surface area contributed by atoms with Gasteiger partial charge in [-0.1, -0.05) is 29.8 Å². The molecule has 0 heterocycles. The Kier molecular flexibility index (Phi) is 4.56. The minimum Gasteiger partial charge on any atom is -0.313 e. The zero-order valence-electron chi connectivity index (χ0n) is 12.6. The van der Waals surface area contributed by atoms with Crippen LogP contribution in [0, 0.1) is 26.6 Å². The minimum absolute atomic E-state index is 0.168. The summed E-state index contributed by atoms with van der Waals surface area (Å²) in [5.41, 5.74) is 6.07. The van der Waals surface area contributed by atoms with Crippen LogP contribution in [0.4, 0.5) is 4.39 Å². The van der Waals surface area contributed by atoms with Crippen molar-refractivity contribution in [2.24, 2.45) is 0 Å². The molecular formula is C18H22FN. The van der Waals surface area contributed by atoms with E-state index in [-0.39, 0.29) is 11.9 Å². The zero-order valence-corrected chi connectivity index (χ0v) is 12.6. The third-order valence-electron chi connectivity index (χ3n) is 3.88. The van der Waals surface area contributed by atoms with Crippen LogP contribution in [0.5, 0.6) is 0 Å². The molecule has 0 fully saturated rings. The maximum absolute atomic E-state index is 13.2. The van der Waals surface area contributed by atoms with Crippen LogP contribution in [0.25, 0.3) is 0 Å². The van der Waals surface area contributed by atoms with Gasteiger partial charge in [-0.05, 0) is 68.6 Å². The lowest BCUT2D eigenvalue weighted by molar-refractivity contribution is 0.584. The molecule has 2 aromatic carbocycles. The first-order chi connectivity index (χ1) is 9.51. The summed E-state index contributed by atoms with van der Waals surface area (Å²) in [6.07, 6.45) is 0.868. The molecule has 0 aliphatic rings. The van der Waals surface area contributed by atoms with Gasteiger partial charge >= 0.3 is 0 Å². The Morgan fingerprint density at radius 2 is 1.75 bits per heavy atom. The van der Waals surface area contributed by atoms with E-state index in [4.69, 9.17) is 0 Å². The number of likely N-dealkylation sites (N-methyl/N-ethyl adjacent to an activating group) is 1. The second-order valence-electron chi connectivity index (χ2n) is 5.48. The summed E-state index contributed by atoms with van der Waals surface area (Å²) in [5, 5.41) is 3.38. The fourth-order valence-electron chi connectivity index (χ4n) is 2.69. The molecule has 106 valence electrons. The van der Waals surface area contributed by atoms with E-state index in [2.05, 4.69) is 37.4 Å². The van der Waals surface area contributed by atoms with E-state index in [0.717, 1.165) is 12.0 Å². The fourth-order valence-corrected chi connectivity index (χ4v) is 2.69. The molecule has 0 aromatic heterocycles. The Balaban J connectivity index is 2.28. The first-order valence-electron chi connectivity index (χ1n) is 7.00. The van der Waals surface area contributed by atoms with Crippen molar-refractivity contribution >= 4 is 0 Å². The van der Waals surface area contributed by atoms with Gasteiger partial charge in [0, 0.05) is 6.04 Å². The van der Waals surface area contributed by atoms with Crippen molar-refractivity contribution in [3.63, 3.8) is 0 Å². The highest BCUT2D eigenvalue weighted by Crippen LogP contribution is 2.24. The van der Waals surface area contributed by atoms with E-state index in [1.807, 2.05) is 20.0 Å². The van der Waals surface area contributed by atoms with Crippen molar-refractivity contribution in [2.75, 3.05) is 7.05 Å². The number of rotatable bonds is 4. The summed E-state index contributed by atoms with van der Waals surface area (Å²) in [4.78, 5) is 0. The van der Waals surface area contributed by atoms with E-state index in [1.165, 1.54) is 28.3 Å². The average molecular weight is 271 g/mol. The Bertz CT molecular complexity index is 604. The highest BCUT2D eigenvalue weighted by Gasteiger charge is 2.14. The molecule has 2 heteroatoms. The molecule has 0 aliphatic carbocycles. The van der Waals surface area contributed by atoms with Gasteiger partial charge in [-0.25, -0.2) is 4.39 Å². The number of benzene rings is 2. The standard InChI is InChI=1S/C18H22FN/c1-12-5-8-17(14(3)9-12)18(20-4)11-15-6-7-16(19)10-13(15)2/h5-10,18,20H,11H2,1-4H3. The molecule has 0 saturated carbocycles. The average Bonchev–Trinajstić information content (AvgIpc) is 2.39. The van der Waals surface area contributed by atoms with E-state index in [1.54, 1.807) is 6.07 Å². The largest absolute Gasteiger partial charge is 0.313 e. The highest BCUT2D eigenvalue weighted by molar-refractivity contribution is 5.35. The summed E-state index contributed by atoms with van der Waals surface area (Å²) >= 11 is 0. The Morgan fingerprint density at radius 1 is 1.00 bits per heavy atom. The first kappa shape index (κ1) is 14.7. The predicted molar refractivity (Wildman–Crippen MR) is 82.6 cm³/mol. The van der Waals surface area contributed by atoms with E-state index < -0.39 is 0 Å². The molecule has 2 aromatic rings. The van der Waals surface area contributed by atoms with Gasteiger partial charge in [0.25, 0.3) is 0 Å². The lowest BCUT2D eigenvalue weighted by atomic mass is 9.92. The second kappa shape index (κ2) is 6.19. The third-order valence-corrected chi connectivity index (χ3v) is 3.88. The van der Waals surface area contributed by atoms with Crippen LogP contribution in [0.3, 0.4) is 0 Å². The predicted octanol–water partition coefficient (Wildman–Crippen LogP) is 4.25. The molecule has 0 saturated heterocycles. The van der Waals surface area contributed by atoms with Gasteiger partial charge in [-0.3, -0.25) is 0 Å². The Morgan fingerprint density at radius 3 is 2.35 bits per heavy atom. The number of nitrogens with one attached hydrogen (secondary N) is 1. The minimum atomic E-state index is -0.168. The molecule has 0 spiro atoms. The fraction of sp³-hybridized carbons (Fsp3) is 0.333. The Labute approximate surface area is 120 Å². The molecule has 1 nitrogen and oxygen atoms in total. The number of hydrogen-bond donors (Lipinski definition) is 1. The number of halogens is 1. The van der Waals surface area contributed by atoms with Gasteiger partial charge in [-0.15, -0.1) is 0 Å². The second-order valence-corrected chi connectivity index (χ2v) is 5.48. The van der Waals surface area contributed by atoms with Gasteiger partial charge in [-0.2, -0.15) is 0 Å². The molecule has 0 aliphatic heterocycles. The first-order valence-corrected chi connectivity index (χ1v) is 7.00. The van der Waals surface area contributed by atoms with E-state index in [9.17, 15) is 4.39 Å². The van der Waals surface area contributed by atoms with Gasteiger partial charge in [0.15, 0.2) is 0 Å². The SMILES string of the molecule is CNC(Cc1ccc(F)cc1C)c1ccc(C)cc1C. The van der Waals surface area contributed by atoms with Crippen molar-refractivity contribution in [3.05, 3.63) is 70.0 Å². The van der Waals surface area contributed by atoms with Crippen LogP contribution in [0.1, 0.15) is 33.9 Å². The molecule has 20 heavy (non-hydrogen) atoms. The van der Waals surface area contributed by atoms with Crippen molar-refractivity contribution in [1.82, 2.24) is 5.32 Å². The molecule has 1 unspecified atom stereocenters. The summed E-state index contributed by atoms with van der Waals surface area (Å²) < 4.78 is 13.2. The van der Waals surface area contributed by atoms with Gasteiger partial charge in [0.2, 0.25) is 0 Å². The van der Waals surface area contributed by atoms with Gasteiger partial charge in [0.05, 0.1) is 0 Å². The summed E-state index contributed by atoms with van der Waals surface area (Å²) in [6, 6.07) is 11.8. The normalized spacial score (nSPS) is 12.4.